The van der Waals surface area contributed by atoms with Gasteiger partial charge in [0.2, 0.25) is 5.62 Å². The predicted molar refractivity (Wildman–Crippen MR) is 135 cm³/mol. The number of carbonyl (C=O) groups is 1. The van der Waals surface area contributed by atoms with Crippen LogP contribution < -0.4 is 20.4 Å². The highest BCUT2D eigenvalue weighted by atomic mass is 32.1. The maximum atomic E-state index is 12.6. The van der Waals surface area contributed by atoms with Crippen LogP contribution in [0.3, 0.4) is 0 Å². The number of anilines is 1. The molecule has 1 amide bonds. The van der Waals surface area contributed by atoms with Gasteiger partial charge in [-0.2, -0.15) is 4.99 Å². The Kier molecular flexibility index (Phi) is 7.68. The molecule has 1 aromatic carbocycles. The molecule has 0 saturated carbocycles. The van der Waals surface area contributed by atoms with E-state index in [0.29, 0.717) is 53.6 Å². The van der Waals surface area contributed by atoms with E-state index in [0.717, 1.165) is 11.2 Å². The molecule has 1 atom stereocenters. The van der Waals surface area contributed by atoms with E-state index >= 15 is 0 Å². The molecule has 3 heterocycles. The number of rotatable bonds is 9. The Labute approximate surface area is 208 Å². The summed E-state index contributed by atoms with van der Waals surface area (Å²) in [6.07, 6.45) is 0.825. The number of carbonyl (C=O) groups excluding carboxylic acids is 1. The van der Waals surface area contributed by atoms with E-state index in [1.54, 1.807) is 12.6 Å². The summed E-state index contributed by atoms with van der Waals surface area (Å²) in [6.45, 7) is 10.4. The van der Waals surface area contributed by atoms with Gasteiger partial charge in [0.1, 0.15) is 28.9 Å². The molecule has 0 unspecified atom stereocenters. The molecule has 11 heteroatoms. The maximum Gasteiger partial charge on any atom is 0.291 e. The highest BCUT2D eigenvalue weighted by Gasteiger charge is 2.22. The Morgan fingerprint density at radius 2 is 2.09 bits per heavy atom. The molecule has 4 rings (SSSR count). The van der Waals surface area contributed by atoms with Crippen molar-refractivity contribution in [3.05, 3.63) is 34.3 Å². The van der Waals surface area contributed by atoms with Gasteiger partial charge >= 0.3 is 0 Å². The standard InChI is InChI=1S/C24H32N6O4S/c1-14(2)30(15(3)4)11-16(31)12-34-18-7-6-17-20(21(18)33-5)27-24(29-9-8-26-22(17)29)28-23(32)19-10-25-13-35-19/h6-7,10,13-16,26,31H,8-9,11-12H2,1-5H3/t16-/m1/s1. The average Bonchev–Trinajstić information content (AvgIpc) is 3.53. The quantitative estimate of drug-likeness (QED) is 0.461. The fraction of sp³-hybridized carbons (Fsp3) is 0.500. The Hall–Kier alpha value is -3.02. The van der Waals surface area contributed by atoms with Gasteiger partial charge in [-0.25, -0.2) is 4.98 Å². The van der Waals surface area contributed by atoms with Gasteiger partial charge in [0, 0.05) is 37.1 Å². The maximum absolute atomic E-state index is 12.6. The molecule has 188 valence electrons. The lowest BCUT2D eigenvalue weighted by atomic mass is 10.2. The van der Waals surface area contributed by atoms with Crippen LogP contribution in [0.4, 0.5) is 5.82 Å². The predicted octanol–water partition coefficient (Wildman–Crippen LogP) is 2.53. The molecule has 0 spiro atoms. The molecule has 3 aromatic rings. The summed E-state index contributed by atoms with van der Waals surface area (Å²) in [7, 11) is 1.55. The number of aliphatic hydroxyl groups is 1. The summed E-state index contributed by atoms with van der Waals surface area (Å²) in [5.74, 6) is 1.32. The number of ether oxygens (including phenoxy) is 2. The van der Waals surface area contributed by atoms with Gasteiger partial charge in [0.15, 0.2) is 11.5 Å². The molecule has 10 nitrogen and oxygen atoms in total. The minimum Gasteiger partial charge on any atom is -0.491 e. The second-order valence-corrected chi connectivity index (χ2v) is 9.85. The van der Waals surface area contributed by atoms with Crippen LogP contribution >= 0.6 is 11.3 Å². The van der Waals surface area contributed by atoms with Crippen molar-refractivity contribution >= 4 is 34.0 Å². The van der Waals surface area contributed by atoms with Crippen LogP contribution in [0.15, 0.2) is 28.8 Å². The van der Waals surface area contributed by atoms with Gasteiger partial charge in [0.05, 0.1) is 18.8 Å². The number of methoxy groups -OCH3 is 1. The largest absolute Gasteiger partial charge is 0.491 e. The number of nitrogens with one attached hydrogen (secondary N) is 1. The summed E-state index contributed by atoms with van der Waals surface area (Å²) < 4.78 is 13.6. The van der Waals surface area contributed by atoms with E-state index in [9.17, 15) is 9.90 Å². The number of hydrogen-bond acceptors (Lipinski definition) is 9. The zero-order valence-electron chi connectivity index (χ0n) is 20.7. The van der Waals surface area contributed by atoms with Crippen LogP contribution in [-0.4, -0.2) is 75.4 Å². The molecule has 0 bridgehead atoms. The summed E-state index contributed by atoms with van der Waals surface area (Å²) in [5, 5.41) is 14.8. The van der Waals surface area contributed by atoms with Gasteiger partial charge in [-0.1, -0.05) is 0 Å². The molecule has 2 N–H and O–H groups in total. The molecule has 0 aliphatic carbocycles. The van der Waals surface area contributed by atoms with E-state index in [1.807, 2.05) is 16.7 Å². The number of benzene rings is 1. The first-order valence-electron chi connectivity index (χ1n) is 11.7. The third-order valence-corrected chi connectivity index (χ3v) is 6.69. The highest BCUT2D eigenvalue weighted by Crippen LogP contribution is 2.37. The topological polar surface area (TPSA) is 114 Å². The minimum atomic E-state index is -0.673. The van der Waals surface area contributed by atoms with Gasteiger partial charge in [-0.15, -0.1) is 11.3 Å². The van der Waals surface area contributed by atoms with Crippen LogP contribution in [0.25, 0.3) is 10.9 Å². The molecule has 1 aliphatic rings. The van der Waals surface area contributed by atoms with E-state index < -0.39 is 12.0 Å². The van der Waals surface area contributed by atoms with Crippen LogP contribution in [0.1, 0.15) is 37.4 Å². The molecule has 1 aliphatic heterocycles. The Balaban J connectivity index is 1.67. The first-order chi connectivity index (χ1) is 16.8. The van der Waals surface area contributed by atoms with Crippen molar-refractivity contribution < 1.29 is 19.4 Å². The Bertz CT molecular complexity index is 1250. The van der Waals surface area contributed by atoms with Crippen molar-refractivity contribution in [2.24, 2.45) is 4.99 Å². The zero-order valence-corrected chi connectivity index (χ0v) is 21.5. The lowest BCUT2D eigenvalue weighted by molar-refractivity contribution is 0.0439. The van der Waals surface area contributed by atoms with E-state index in [1.165, 1.54) is 17.5 Å². The molecule has 35 heavy (non-hydrogen) atoms. The Morgan fingerprint density at radius 3 is 2.74 bits per heavy atom. The van der Waals surface area contributed by atoms with Crippen LogP contribution in [0, 0.1) is 0 Å². The fourth-order valence-corrected chi connectivity index (χ4v) is 4.82. The Morgan fingerprint density at radius 1 is 1.31 bits per heavy atom. The lowest BCUT2D eigenvalue weighted by Gasteiger charge is -2.32. The van der Waals surface area contributed by atoms with Crippen molar-refractivity contribution in [1.29, 1.82) is 0 Å². The summed E-state index contributed by atoms with van der Waals surface area (Å²) in [4.78, 5) is 28.2. The van der Waals surface area contributed by atoms with Crippen molar-refractivity contribution in [2.75, 3.05) is 32.1 Å². The monoisotopic (exact) mass is 500 g/mol. The molecule has 0 fully saturated rings. The number of fused-ring (bicyclic) bond motifs is 3. The van der Waals surface area contributed by atoms with Crippen molar-refractivity contribution in [2.45, 2.75) is 52.4 Å². The molecular weight excluding hydrogens is 468 g/mol. The van der Waals surface area contributed by atoms with Crippen molar-refractivity contribution in [3.8, 4) is 11.5 Å². The minimum absolute atomic E-state index is 0.108. The second-order valence-electron chi connectivity index (χ2n) is 8.96. The van der Waals surface area contributed by atoms with Gasteiger partial charge in [-0.3, -0.25) is 19.2 Å². The van der Waals surface area contributed by atoms with Crippen LogP contribution in [-0.2, 0) is 6.54 Å². The number of amides is 1. The third kappa shape index (κ3) is 5.31. The SMILES string of the molecule is COc1c(OC[C@H](O)CN(C(C)C)C(C)C)ccc2c3n(c(=NC(=O)c4cncs4)nc12)CCN3. The van der Waals surface area contributed by atoms with Gasteiger partial charge in [-0.05, 0) is 39.8 Å². The number of aromatic nitrogens is 3. The zero-order chi connectivity index (χ0) is 25.1. The molecule has 0 saturated heterocycles. The number of nitrogens with zero attached hydrogens (tertiary/aromatic N) is 5. The second kappa shape index (κ2) is 10.7. The van der Waals surface area contributed by atoms with E-state index in [-0.39, 0.29) is 12.2 Å². The molecule has 0 radical (unpaired) electrons. The summed E-state index contributed by atoms with van der Waals surface area (Å²) in [6, 6.07) is 4.34. The van der Waals surface area contributed by atoms with Gasteiger partial charge in [0.25, 0.3) is 5.91 Å². The number of hydrogen-bond donors (Lipinski definition) is 2. The number of thiazole rings is 1. The van der Waals surface area contributed by atoms with Gasteiger partial charge < -0.3 is 19.9 Å². The summed E-state index contributed by atoms with van der Waals surface area (Å²) in [5.41, 5.74) is 2.41. The highest BCUT2D eigenvalue weighted by molar-refractivity contribution is 7.11. The smallest absolute Gasteiger partial charge is 0.291 e. The van der Waals surface area contributed by atoms with Crippen molar-refractivity contribution in [1.82, 2.24) is 19.4 Å². The van der Waals surface area contributed by atoms with Crippen LogP contribution in [0.2, 0.25) is 0 Å². The van der Waals surface area contributed by atoms with Crippen molar-refractivity contribution in [3.63, 3.8) is 0 Å². The first kappa shape index (κ1) is 25.1. The molecule has 2 aromatic heterocycles. The third-order valence-electron chi connectivity index (χ3n) is 5.93. The normalized spacial score (nSPS) is 14.6. The molecular formula is C24H32N6O4S. The van der Waals surface area contributed by atoms with Crippen LogP contribution in [0.5, 0.6) is 11.5 Å². The van der Waals surface area contributed by atoms with E-state index in [2.05, 4.69) is 47.9 Å². The average molecular weight is 501 g/mol. The lowest BCUT2D eigenvalue weighted by Crippen LogP contribution is -2.43. The fourth-order valence-electron chi connectivity index (χ4n) is 4.31. The number of aliphatic hydroxyl groups excluding tert-OH is 1. The van der Waals surface area contributed by atoms with E-state index in [4.69, 9.17) is 14.5 Å². The summed E-state index contributed by atoms with van der Waals surface area (Å²) >= 11 is 1.24. The first-order valence-corrected chi connectivity index (χ1v) is 12.6.